The van der Waals surface area contributed by atoms with Gasteiger partial charge in [-0.15, -0.1) is 0 Å². The lowest BCUT2D eigenvalue weighted by Crippen LogP contribution is -2.27. The molecule has 1 atom stereocenters. The van der Waals surface area contributed by atoms with Gasteiger partial charge in [-0.1, -0.05) is 37.3 Å². The zero-order valence-corrected chi connectivity index (χ0v) is 21.4. The molecule has 0 saturated heterocycles. The highest BCUT2D eigenvalue weighted by molar-refractivity contribution is 5.88. The minimum atomic E-state index is -0.142. The minimum absolute atomic E-state index is 0.0101. The van der Waals surface area contributed by atoms with Gasteiger partial charge in [0.2, 0.25) is 12.7 Å². The van der Waals surface area contributed by atoms with Gasteiger partial charge in [0.05, 0.1) is 14.2 Å². The summed E-state index contributed by atoms with van der Waals surface area (Å²) >= 11 is 0. The third-order valence-corrected chi connectivity index (χ3v) is 6.96. The van der Waals surface area contributed by atoms with Gasteiger partial charge >= 0.3 is 0 Å². The molecule has 1 aliphatic rings. The van der Waals surface area contributed by atoms with Gasteiger partial charge in [-0.2, -0.15) is 0 Å². The Morgan fingerprint density at radius 2 is 1.86 bits per heavy atom. The van der Waals surface area contributed by atoms with Gasteiger partial charge in [0.1, 0.15) is 0 Å². The van der Waals surface area contributed by atoms with Gasteiger partial charge in [0.25, 0.3) is 0 Å². The highest BCUT2D eigenvalue weighted by Gasteiger charge is 2.24. The average Bonchev–Trinajstić information content (AvgIpc) is 3.58. The van der Waals surface area contributed by atoms with E-state index in [1.54, 1.807) is 14.2 Å². The Kier molecular flexibility index (Phi) is 7.21. The van der Waals surface area contributed by atoms with Crippen molar-refractivity contribution in [2.45, 2.75) is 32.1 Å². The number of carbonyl (C=O) groups excluding carboxylic acids is 1. The third-order valence-electron chi connectivity index (χ3n) is 6.96. The van der Waals surface area contributed by atoms with E-state index in [0.717, 1.165) is 39.8 Å². The second-order valence-corrected chi connectivity index (χ2v) is 9.10. The van der Waals surface area contributed by atoms with Crippen LogP contribution in [-0.4, -0.2) is 38.4 Å². The molecule has 0 spiro atoms. The Labute approximate surface area is 216 Å². The van der Waals surface area contributed by atoms with Gasteiger partial charge in [-0.05, 0) is 59.4 Å². The number of ether oxygens (including phenoxy) is 4. The molecular weight excluding hydrogens is 468 g/mol. The molecule has 4 aromatic rings. The lowest BCUT2D eigenvalue weighted by Gasteiger charge is -2.18. The number of fused-ring (bicyclic) bond motifs is 2. The number of benzene rings is 3. The van der Waals surface area contributed by atoms with Crippen molar-refractivity contribution in [1.82, 2.24) is 10.3 Å². The van der Waals surface area contributed by atoms with Crippen molar-refractivity contribution in [3.63, 3.8) is 0 Å². The number of amides is 1. The quantitative estimate of drug-likeness (QED) is 0.307. The fourth-order valence-electron chi connectivity index (χ4n) is 5.00. The van der Waals surface area contributed by atoms with Crippen LogP contribution in [0.15, 0.2) is 60.8 Å². The number of aryl methyl sites for hydroxylation is 1. The summed E-state index contributed by atoms with van der Waals surface area (Å²) in [6.45, 7) is 2.89. The van der Waals surface area contributed by atoms with E-state index in [1.165, 1.54) is 5.56 Å². The molecule has 0 fully saturated rings. The van der Waals surface area contributed by atoms with E-state index in [2.05, 4.69) is 35.4 Å². The molecular formula is C30H32N2O5. The molecule has 2 heterocycles. The molecule has 1 amide bonds. The van der Waals surface area contributed by atoms with Gasteiger partial charge in [0, 0.05) is 36.0 Å². The number of para-hydroxylation sites is 1. The molecule has 0 radical (unpaired) electrons. The van der Waals surface area contributed by atoms with E-state index in [-0.39, 0.29) is 18.6 Å². The predicted molar refractivity (Wildman–Crippen MR) is 143 cm³/mol. The summed E-state index contributed by atoms with van der Waals surface area (Å²) in [6.07, 6.45) is 3.97. The van der Waals surface area contributed by atoms with Gasteiger partial charge in [0.15, 0.2) is 23.0 Å². The Bertz CT molecular complexity index is 1410. The van der Waals surface area contributed by atoms with Gasteiger partial charge < -0.3 is 29.2 Å². The van der Waals surface area contributed by atoms with Crippen molar-refractivity contribution in [2.75, 3.05) is 27.6 Å². The summed E-state index contributed by atoms with van der Waals surface area (Å²) in [5.74, 6) is 2.66. The fourth-order valence-corrected chi connectivity index (χ4v) is 5.00. The lowest BCUT2D eigenvalue weighted by atomic mass is 9.87. The molecule has 2 N–H and O–H groups in total. The van der Waals surface area contributed by atoms with Crippen molar-refractivity contribution in [3.05, 3.63) is 83.0 Å². The van der Waals surface area contributed by atoms with E-state index in [4.69, 9.17) is 18.9 Å². The minimum Gasteiger partial charge on any atom is -0.493 e. The number of hydrogen-bond donors (Lipinski definition) is 2. The Morgan fingerprint density at radius 1 is 1.03 bits per heavy atom. The molecule has 37 heavy (non-hydrogen) atoms. The van der Waals surface area contributed by atoms with Gasteiger partial charge in [-0.25, -0.2) is 0 Å². The van der Waals surface area contributed by atoms with Crippen molar-refractivity contribution in [2.24, 2.45) is 0 Å². The maximum atomic E-state index is 13.2. The van der Waals surface area contributed by atoms with E-state index >= 15 is 0 Å². The molecule has 0 aliphatic carbocycles. The Morgan fingerprint density at radius 3 is 2.68 bits per heavy atom. The van der Waals surface area contributed by atoms with E-state index in [9.17, 15) is 4.79 Å². The van der Waals surface area contributed by atoms with Crippen LogP contribution in [-0.2, 0) is 17.6 Å². The highest BCUT2D eigenvalue weighted by Crippen LogP contribution is 2.40. The second kappa shape index (κ2) is 10.9. The zero-order valence-electron chi connectivity index (χ0n) is 21.4. The fraction of sp³-hybridized carbons (Fsp3) is 0.300. The summed E-state index contributed by atoms with van der Waals surface area (Å²) in [5.41, 5.74) is 5.56. The molecule has 1 aliphatic heterocycles. The lowest BCUT2D eigenvalue weighted by molar-refractivity contribution is -0.121. The first-order valence-corrected chi connectivity index (χ1v) is 12.6. The maximum absolute atomic E-state index is 13.2. The van der Waals surface area contributed by atoms with Crippen LogP contribution in [0.2, 0.25) is 0 Å². The number of H-pyrrole nitrogens is 1. The standard InChI is InChI=1S/C30H32N2O5/c1-4-20-6-5-7-22-24(17-32-30(20)22)23(21-9-11-26-28(15-21)37-18-36-26)16-29(33)31-13-12-19-8-10-25(34-2)27(14-19)35-3/h5-11,14-15,17,23,32H,4,12-13,16,18H2,1-3H3,(H,31,33). The van der Waals surface area contributed by atoms with Crippen LogP contribution in [0.1, 0.15) is 41.5 Å². The Hall–Kier alpha value is -4.13. The first-order valence-electron chi connectivity index (χ1n) is 12.6. The molecule has 0 saturated carbocycles. The number of rotatable bonds is 10. The van der Waals surface area contributed by atoms with Crippen LogP contribution in [0.3, 0.4) is 0 Å². The zero-order chi connectivity index (χ0) is 25.8. The highest BCUT2D eigenvalue weighted by atomic mass is 16.7. The smallest absolute Gasteiger partial charge is 0.231 e. The monoisotopic (exact) mass is 500 g/mol. The number of carbonyl (C=O) groups is 1. The summed E-state index contributed by atoms with van der Waals surface area (Å²) < 4.78 is 21.9. The molecule has 5 rings (SSSR count). The number of hydrogen-bond acceptors (Lipinski definition) is 5. The topological polar surface area (TPSA) is 81.8 Å². The van der Waals surface area contributed by atoms with Crippen LogP contribution in [0, 0.1) is 0 Å². The van der Waals surface area contributed by atoms with Crippen LogP contribution in [0.25, 0.3) is 10.9 Å². The predicted octanol–water partition coefficient (Wildman–Crippen LogP) is 5.36. The average molecular weight is 501 g/mol. The summed E-state index contributed by atoms with van der Waals surface area (Å²) in [6, 6.07) is 18.1. The maximum Gasteiger partial charge on any atom is 0.231 e. The number of nitrogens with one attached hydrogen (secondary N) is 2. The number of methoxy groups -OCH3 is 2. The van der Waals surface area contributed by atoms with Crippen LogP contribution in [0.5, 0.6) is 23.0 Å². The Balaban J connectivity index is 1.36. The summed E-state index contributed by atoms with van der Waals surface area (Å²) in [4.78, 5) is 16.7. The third kappa shape index (κ3) is 5.07. The van der Waals surface area contributed by atoms with E-state index in [1.807, 2.05) is 42.6 Å². The normalized spacial score (nSPS) is 12.9. The van der Waals surface area contributed by atoms with Gasteiger partial charge in [-0.3, -0.25) is 4.79 Å². The molecule has 7 nitrogen and oxygen atoms in total. The molecule has 192 valence electrons. The van der Waals surface area contributed by atoms with Crippen molar-refractivity contribution < 1.29 is 23.7 Å². The summed E-state index contributed by atoms with van der Waals surface area (Å²) in [5, 5.41) is 4.24. The van der Waals surface area contributed by atoms with E-state index in [0.29, 0.717) is 36.6 Å². The SMILES string of the molecule is CCc1cccc2c(C(CC(=O)NCCc3ccc(OC)c(OC)c3)c3ccc4c(c3)OCO4)c[nH]c12. The molecule has 1 unspecified atom stereocenters. The van der Waals surface area contributed by atoms with Crippen LogP contribution < -0.4 is 24.3 Å². The first kappa shape index (κ1) is 24.6. The summed E-state index contributed by atoms with van der Waals surface area (Å²) in [7, 11) is 3.24. The largest absolute Gasteiger partial charge is 0.493 e. The first-order chi connectivity index (χ1) is 18.1. The second-order valence-electron chi connectivity index (χ2n) is 9.10. The van der Waals surface area contributed by atoms with Crippen LogP contribution in [0.4, 0.5) is 0 Å². The van der Waals surface area contributed by atoms with Crippen molar-refractivity contribution >= 4 is 16.8 Å². The van der Waals surface area contributed by atoms with Crippen molar-refractivity contribution in [3.8, 4) is 23.0 Å². The molecule has 3 aromatic carbocycles. The van der Waals surface area contributed by atoms with Crippen LogP contribution >= 0.6 is 0 Å². The number of aromatic amines is 1. The molecule has 1 aromatic heterocycles. The van der Waals surface area contributed by atoms with Crippen molar-refractivity contribution in [1.29, 1.82) is 0 Å². The molecule has 0 bridgehead atoms. The van der Waals surface area contributed by atoms with E-state index < -0.39 is 0 Å². The molecule has 7 heteroatoms. The number of aromatic nitrogens is 1.